The highest BCUT2D eigenvalue weighted by atomic mass is 32.3. The minimum Gasteiger partial charge on any atom is -0.231 e. The lowest BCUT2D eigenvalue weighted by atomic mass is 10.4. The Labute approximate surface area is 111 Å². The second-order valence-corrected chi connectivity index (χ2v) is 8.09. The van der Waals surface area contributed by atoms with Crippen molar-refractivity contribution in [3.63, 3.8) is 0 Å². The van der Waals surface area contributed by atoms with Crippen LogP contribution < -0.4 is 0 Å². The molecule has 0 N–H and O–H groups in total. The van der Waals surface area contributed by atoms with E-state index < -0.39 is 19.6 Å². The molecule has 1 heterocycles. The summed E-state index contributed by atoms with van der Waals surface area (Å²) < 4.78 is 41.5. The number of benzene rings is 2. The zero-order chi connectivity index (χ0) is 13.5. The third kappa shape index (κ3) is 1.98. The normalized spacial score (nSPS) is 22.2. The lowest BCUT2D eigenvalue weighted by Crippen LogP contribution is -2.06. The molecule has 1 aliphatic heterocycles. The van der Waals surface area contributed by atoms with Crippen LogP contribution in [0.5, 0.6) is 0 Å². The van der Waals surface area contributed by atoms with E-state index >= 15 is 0 Å². The van der Waals surface area contributed by atoms with E-state index in [1.807, 2.05) is 0 Å². The molecule has 1 unspecified atom stereocenters. The molecular formula is C13H10O4S2. The van der Waals surface area contributed by atoms with Crippen LogP contribution in [0.3, 0.4) is 0 Å². The van der Waals surface area contributed by atoms with Crippen molar-refractivity contribution < 1.29 is 16.8 Å². The van der Waals surface area contributed by atoms with Gasteiger partial charge in [0.2, 0.25) is 9.84 Å². The van der Waals surface area contributed by atoms with Gasteiger partial charge in [-0.25, -0.2) is 16.8 Å². The molecule has 0 fully saturated rings. The molecule has 1 aliphatic rings. The number of hydrogen-bond acceptors (Lipinski definition) is 4. The fourth-order valence-corrected chi connectivity index (χ4v) is 5.94. The maximum Gasteiger partial charge on any atom is 0.271 e. The van der Waals surface area contributed by atoms with Crippen molar-refractivity contribution in [2.45, 2.75) is 9.79 Å². The Morgan fingerprint density at radius 2 is 1.37 bits per heavy atom. The maximum atomic E-state index is 12.4. The topological polar surface area (TPSA) is 63.7 Å². The van der Waals surface area contributed by atoms with Gasteiger partial charge in [-0.2, -0.15) is 0 Å². The number of rotatable bonds is 2. The lowest BCUT2D eigenvalue weighted by Gasteiger charge is -1.95. The second kappa shape index (κ2) is 4.19. The van der Waals surface area contributed by atoms with Gasteiger partial charge in [0, 0.05) is 0 Å². The Morgan fingerprint density at radius 1 is 0.842 bits per heavy atom. The average molecular weight is 294 g/mol. The predicted octanol–water partition coefficient (Wildman–Crippen LogP) is 1.84. The molecule has 1 atom stereocenters. The van der Waals surface area contributed by atoms with E-state index in [0.717, 1.165) is 0 Å². The summed E-state index contributed by atoms with van der Waals surface area (Å²) in [6, 6.07) is 16.2. The van der Waals surface area contributed by atoms with E-state index in [9.17, 15) is 12.6 Å². The first-order chi connectivity index (χ1) is 9.05. The Balaban J connectivity index is 2.14. The van der Waals surface area contributed by atoms with Crippen molar-refractivity contribution in [1.82, 2.24) is 0 Å². The van der Waals surface area contributed by atoms with Gasteiger partial charge in [-0.3, -0.25) is 0 Å². The van der Waals surface area contributed by atoms with E-state index in [4.69, 9.17) is 4.18 Å². The number of sulfone groups is 1. The molecule has 4 nitrogen and oxygen atoms in total. The van der Waals surface area contributed by atoms with Crippen molar-refractivity contribution in [2.75, 3.05) is 0 Å². The summed E-state index contributed by atoms with van der Waals surface area (Å²) in [4.78, 5) is 0.468. The molecule has 98 valence electrons. The smallest absolute Gasteiger partial charge is 0.231 e. The van der Waals surface area contributed by atoms with E-state index in [1.54, 1.807) is 48.5 Å². The van der Waals surface area contributed by atoms with Gasteiger partial charge in [0.15, 0.2) is 9.80 Å². The largest absolute Gasteiger partial charge is 0.271 e. The van der Waals surface area contributed by atoms with Gasteiger partial charge < -0.3 is 0 Å². The van der Waals surface area contributed by atoms with Crippen LogP contribution in [-0.4, -0.2) is 17.0 Å². The summed E-state index contributed by atoms with van der Waals surface area (Å²) >= 11 is 0. The quantitative estimate of drug-likeness (QED) is 0.793. The molecule has 0 saturated carbocycles. The van der Waals surface area contributed by atoms with Gasteiger partial charge in [-0.1, -0.05) is 36.4 Å². The first kappa shape index (κ1) is 12.4. The SMILES string of the molecule is O=S(=O)(C1=S(=O)(c2ccccc2)O1)c1ccccc1. The van der Waals surface area contributed by atoms with Crippen molar-refractivity contribution in [3.8, 4) is 0 Å². The van der Waals surface area contributed by atoms with Crippen LogP contribution in [0.15, 0.2) is 70.5 Å². The first-order valence-corrected chi connectivity index (χ1v) is 8.47. The summed E-state index contributed by atoms with van der Waals surface area (Å²) in [7, 11) is -6.82. The molecule has 0 saturated heterocycles. The average Bonchev–Trinajstić information content (AvgIpc) is 3.16. The fourth-order valence-electron chi connectivity index (χ4n) is 1.71. The van der Waals surface area contributed by atoms with Gasteiger partial charge in [0.05, 0.1) is 9.79 Å². The summed E-state index contributed by atoms with van der Waals surface area (Å²) in [6.45, 7) is 0. The maximum absolute atomic E-state index is 12.4. The Morgan fingerprint density at radius 3 is 1.95 bits per heavy atom. The molecule has 19 heavy (non-hydrogen) atoms. The third-order valence-corrected chi connectivity index (χ3v) is 7.21. The molecule has 0 aromatic heterocycles. The molecule has 0 radical (unpaired) electrons. The summed E-state index contributed by atoms with van der Waals surface area (Å²) in [5.41, 5.74) is 0. The highest BCUT2D eigenvalue weighted by Gasteiger charge is 2.45. The zero-order valence-corrected chi connectivity index (χ0v) is 11.4. The first-order valence-electron chi connectivity index (χ1n) is 5.51. The van der Waals surface area contributed by atoms with Crippen LogP contribution in [0.25, 0.3) is 0 Å². The van der Waals surface area contributed by atoms with Gasteiger partial charge in [-0.15, -0.1) is 0 Å². The van der Waals surface area contributed by atoms with Crippen molar-refractivity contribution in [1.29, 1.82) is 0 Å². The van der Waals surface area contributed by atoms with Crippen LogP contribution in [0, 0.1) is 0 Å². The van der Waals surface area contributed by atoms with Crippen LogP contribution >= 0.6 is 0 Å². The van der Waals surface area contributed by atoms with Gasteiger partial charge in [0.25, 0.3) is 4.38 Å². The van der Waals surface area contributed by atoms with Crippen LogP contribution in [0.4, 0.5) is 0 Å². The number of hydrogen-bond donors (Lipinski definition) is 0. The van der Waals surface area contributed by atoms with E-state index in [0.29, 0.717) is 4.90 Å². The second-order valence-electron chi connectivity index (χ2n) is 3.97. The molecule has 0 amide bonds. The predicted molar refractivity (Wildman–Crippen MR) is 72.6 cm³/mol. The molecule has 6 heteroatoms. The zero-order valence-electron chi connectivity index (χ0n) is 9.72. The minimum absolute atomic E-state index is 0.0890. The highest BCUT2D eigenvalue weighted by Crippen LogP contribution is 2.32. The third-order valence-electron chi connectivity index (χ3n) is 2.70. The summed E-state index contributed by atoms with van der Waals surface area (Å²) in [5, 5.41) is 0. The van der Waals surface area contributed by atoms with Gasteiger partial charge >= 0.3 is 0 Å². The molecule has 0 aliphatic carbocycles. The lowest BCUT2D eigenvalue weighted by molar-refractivity contribution is 0.589. The molecular weight excluding hydrogens is 284 g/mol. The fraction of sp³-hybridized carbons (Fsp3) is 0. The monoisotopic (exact) mass is 294 g/mol. The van der Waals surface area contributed by atoms with Crippen molar-refractivity contribution in [3.05, 3.63) is 60.7 Å². The highest BCUT2D eigenvalue weighted by molar-refractivity contribution is 8.27. The summed E-state index contributed by atoms with van der Waals surface area (Å²) in [6.07, 6.45) is 0. The molecule has 0 spiro atoms. The van der Waals surface area contributed by atoms with Gasteiger partial charge in [-0.05, 0) is 24.3 Å². The van der Waals surface area contributed by atoms with Gasteiger partial charge in [0.1, 0.15) is 0 Å². The Bertz CT molecular complexity index is 771. The summed E-state index contributed by atoms with van der Waals surface area (Å²) in [5.74, 6) is 0. The van der Waals surface area contributed by atoms with Crippen LogP contribution in [0.2, 0.25) is 0 Å². The van der Waals surface area contributed by atoms with E-state index in [1.165, 1.54) is 12.1 Å². The minimum atomic E-state index is -3.80. The van der Waals surface area contributed by atoms with E-state index in [-0.39, 0.29) is 9.28 Å². The van der Waals surface area contributed by atoms with E-state index in [2.05, 4.69) is 0 Å². The molecule has 0 bridgehead atoms. The molecule has 3 rings (SSSR count). The molecule has 2 aromatic carbocycles. The van der Waals surface area contributed by atoms with Crippen molar-refractivity contribution >= 4 is 24.0 Å². The Kier molecular flexibility index (Phi) is 2.74. The van der Waals surface area contributed by atoms with Crippen molar-refractivity contribution in [2.24, 2.45) is 0 Å². The van der Waals surface area contributed by atoms with Crippen LogP contribution in [0.1, 0.15) is 0 Å². The molecule has 2 aromatic rings. The standard InChI is InChI=1S/C13H10O4S2/c14-18(15,11-7-3-1-4-8-11)13-17-19(13,16)12-9-5-2-6-10-12/h1-10H. The van der Waals surface area contributed by atoms with Crippen LogP contribution in [-0.2, 0) is 23.8 Å². The Hall–Kier alpha value is -1.63.